The summed E-state index contributed by atoms with van der Waals surface area (Å²) in [6.07, 6.45) is 3.76. The fourth-order valence-corrected chi connectivity index (χ4v) is 3.12. The van der Waals surface area contributed by atoms with Crippen molar-refractivity contribution in [3.8, 4) is 5.95 Å². The van der Waals surface area contributed by atoms with E-state index in [1.165, 1.54) is 4.68 Å². The van der Waals surface area contributed by atoms with Crippen molar-refractivity contribution in [2.45, 2.75) is 47.1 Å². The minimum absolute atomic E-state index is 0.371. The second-order valence-electron chi connectivity index (χ2n) is 6.09. The lowest BCUT2D eigenvalue weighted by atomic mass is 10.3. The molecule has 138 valence electrons. The highest BCUT2D eigenvalue weighted by Gasteiger charge is 2.14. The quantitative estimate of drug-likeness (QED) is 0.513. The smallest absolute Gasteiger partial charge is 0.253 e. The highest BCUT2D eigenvalue weighted by atomic mass is 35.5. The Kier molecular flexibility index (Phi) is 5.38. The van der Waals surface area contributed by atoms with Crippen molar-refractivity contribution in [1.29, 1.82) is 0 Å². The van der Waals surface area contributed by atoms with E-state index in [4.69, 9.17) is 23.8 Å². The number of nitrogens with one attached hydrogen (secondary N) is 1. The molecular weight excluding hydrogens is 372 g/mol. The number of unbranched alkanes of at least 4 members (excludes halogenated alkanes) is 1. The molecule has 0 saturated heterocycles. The van der Waals surface area contributed by atoms with E-state index in [0.717, 1.165) is 42.0 Å². The van der Waals surface area contributed by atoms with Crippen LogP contribution in [-0.4, -0.2) is 40.6 Å². The highest BCUT2D eigenvalue weighted by Crippen LogP contribution is 2.19. The molecule has 0 saturated carbocycles. The number of aromatic amines is 1. The van der Waals surface area contributed by atoms with Gasteiger partial charge in [0.25, 0.3) is 5.95 Å². The fourth-order valence-electron chi connectivity index (χ4n) is 2.64. The van der Waals surface area contributed by atoms with Crippen molar-refractivity contribution in [2.24, 2.45) is 5.10 Å². The third-order valence-electron chi connectivity index (χ3n) is 3.97. The van der Waals surface area contributed by atoms with E-state index in [9.17, 15) is 0 Å². The van der Waals surface area contributed by atoms with Crippen LogP contribution in [0.3, 0.4) is 0 Å². The number of nitrogens with zero attached hydrogens (tertiary/aromatic N) is 7. The van der Waals surface area contributed by atoms with Gasteiger partial charge in [0.2, 0.25) is 4.77 Å². The van der Waals surface area contributed by atoms with Crippen LogP contribution in [0.4, 0.5) is 0 Å². The highest BCUT2D eigenvalue weighted by molar-refractivity contribution is 7.71. The third-order valence-corrected chi connectivity index (χ3v) is 4.63. The molecule has 1 N–H and O–H groups in total. The number of hydrogen-bond acceptors (Lipinski definition) is 5. The van der Waals surface area contributed by atoms with E-state index in [2.05, 4.69) is 32.4 Å². The summed E-state index contributed by atoms with van der Waals surface area (Å²) in [5, 5.41) is 21.0. The van der Waals surface area contributed by atoms with Gasteiger partial charge < -0.3 is 0 Å². The monoisotopic (exact) mass is 392 g/mol. The Labute approximate surface area is 161 Å². The van der Waals surface area contributed by atoms with Gasteiger partial charge >= 0.3 is 0 Å². The van der Waals surface area contributed by atoms with Crippen LogP contribution in [0.5, 0.6) is 0 Å². The van der Waals surface area contributed by atoms with Gasteiger partial charge in [-0.05, 0) is 45.5 Å². The molecule has 0 aliphatic rings. The Morgan fingerprint density at radius 3 is 2.73 bits per heavy atom. The van der Waals surface area contributed by atoms with Crippen LogP contribution in [0.25, 0.3) is 5.95 Å². The third kappa shape index (κ3) is 3.49. The molecule has 0 amide bonds. The second-order valence-corrected chi connectivity index (χ2v) is 6.84. The number of aryl methyl sites for hydroxylation is 4. The first-order valence-corrected chi connectivity index (χ1v) is 9.19. The predicted molar refractivity (Wildman–Crippen MR) is 104 cm³/mol. The molecule has 0 aliphatic heterocycles. The number of rotatable bonds is 6. The van der Waals surface area contributed by atoms with Gasteiger partial charge in [-0.3, -0.25) is 4.68 Å². The van der Waals surface area contributed by atoms with Gasteiger partial charge in [0, 0.05) is 12.2 Å². The first kappa shape index (κ1) is 18.5. The van der Waals surface area contributed by atoms with E-state index in [0.29, 0.717) is 15.9 Å². The van der Waals surface area contributed by atoms with Gasteiger partial charge in [-0.1, -0.05) is 24.9 Å². The molecule has 0 bridgehead atoms. The Hall–Kier alpha value is -2.26. The molecule has 3 aromatic heterocycles. The van der Waals surface area contributed by atoms with Crippen molar-refractivity contribution in [3.63, 3.8) is 0 Å². The molecule has 0 radical (unpaired) electrons. The summed E-state index contributed by atoms with van der Waals surface area (Å²) in [7, 11) is 0. The maximum atomic E-state index is 6.46. The van der Waals surface area contributed by atoms with Crippen molar-refractivity contribution in [3.05, 3.63) is 38.6 Å². The molecule has 0 unspecified atom stereocenters. The molecule has 0 atom stereocenters. The first-order chi connectivity index (χ1) is 12.4. The number of halogens is 1. The van der Waals surface area contributed by atoms with Crippen LogP contribution >= 0.6 is 23.8 Å². The van der Waals surface area contributed by atoms with Gasteiger partial charge in [0.1, 0.15) is 5.15 Å². The minimum atomic E-state index is 0.371. The molecule has 0 aliphatic carbocycles. The Morgan fingerprint density at radius 1 is 1.31 bits per heavy atom. The fraction of sp³-hybridized carbons (Fsp3) is 0.438. The zero-order valence-electron chi connectivity index (χ0n) is 15.2. The molecule has 0 spiro atoms. The number of H-pyrrole nitrogens is 1. The Balaban J connectivity index is 1.98. The molecule has 3 heterocycles. The second kappa shape index (κ2) is 7.55. The SMILES string of the molecule is CCCCn1nc(C)c(/C=N\n2c(-n3nc(C)cc3C)n[nH]c2=S)c1Cl. The van der Waals surface area contributed by atoms with Gasteiger partial charge in [-0.2, -0.15) is 20.0 Å². The lowest BCUT2D eigenvalue weighted by Gasteiger charge is -2.03. The van der Waals surface area contributed by atoms with Crippen LogP contribution in [0, 0.1) is 25.5 Å². The van der Waals surface area contributed by atoms with Crippen LogP contribution in [0.15, 0.2) is 11.2 Å². The van der Waals surface area contributed by atoms with E-state index in [1.807, 2.05) is 26.8 Å². The van der Waals surface area contributed by atoms with Gasteiger partial charge in [0.15, 0.2) is 0 Å². The topological polar surface area (TPSA) is 81.6 Å². The van der Waals surface area contributed by atoms with Crippen molar-refractivity contribution < 1.29 is 0 Å². The zero-order chi connectivity index (χ0) is 18.8. The predicted octanol–water partition coefficient (Wildman–Crippen LogP) is 3.58. The average Bonchev–Trinajstić information content (AvgIpc) is 3.20. The van der Waals surface area contributed by atoms with Gasteiger partial charge in [0.05, 0.1) is 23.2 Å². The maximum absolute atomic E-state index is 6.46. The minimum Gasteiger partial charge on any atom is -0.253 e. The summed E-state index contributed by atoms with van der Waals surface area (Å²) in [4.78, 5) is 0. The Morgan fingerprint density at radius 2 is 2.08 bits per heavy atom. The Bertz CT molecular complexity index is 1010. The van der Waals surface area contributed by atoms with Crippen molar-refractivity contribution in [1.82, 2.24) is 34.4 Å². The summed E-state index contributed by atoms with van der Waals surface area (Å²) in [6.45, 7) is 8.70. The van der Waals surface area contributed by atoms with E-state index in [-0.39, 0.29) is 0 Å². The van der Waals surface area contributed by atoms with Gasteiger partial charge in [-0.15, -0.1) is 5.10 Å². The summed E-state index contributed by atoms with van der Waals surface area (Å²) >= 11 is 11.8. The molecule has 10 heteroatoms. The summed E-state index contributed by atoms with van der Waals surface area (Å²) < 4.78 is 5.39. The zero-order valence-corrected chi connectivity index (χ0v) is 16.8. The maximum Gasteiger partial charge on any atom is 0.271 e. The lowest BCUT2D eigenvalue weighted by molar-refractivity contribution is 0.569. The van der Waals surface area contributed by atoms with Crippen molar-refractivity contribution in [2.75, 3.05) is 0 Å². The lowest BCUT2D eigenvalue weighted by Crippen LogP contribution is -2.07. The van der Waals surface area contributed by atoms with E-state index < -0.39 is 0 Å². The largest absolute Gasteiger partial charge is 0.271 e. The number of hydrogen-bond donors (Lipinski definition) is 1. The molecule has 0 aromatic carbocycles. The molecule has 3 aromatic rings. The van der Waals surface area contributed by atoms with Crippen LogP contribution in [0.1, 0.15) is 42.4 Å². The normalized spacial score (nSPS) is 11.7. The first-order valence-electron chi connectivity index (χ1n) is 8.40. The summed E-state index contributed by atoms with van der Waals surface area (Å²) in [6, 6.07) is 1.96. The standard InChI is InChI=1S/C16H21ClN8S/c1-5-6-7-23-14(17)13(12(4)22-23)9-18-25-15(19-20-16(25)26)24-11(3)8-10(2)21-24/h8-9H,5-7H2,1-4H3,(H,20,26)/b18-9-. The molecule has 0 fully saturated rings. The van der Waals surface area contributed by atoms with Crippen LogP contribution in [-0.2, 0) is 6.54 Å². The van der Waals surface area contributed by atoms with E-state index in [1.54, 1.807) is 15.6 Å². The van der Waals surface area contributed by atoms with Crippen molar-refractivity contribution >= 4 is 30.0 Å². The molecule has 26 heavy (non-hydrogen) atoms. The average molecular weight is 393 g/mol. The van der Waals surface area contributed by atoms with Crippen LogP contribution in [0.2, 0.25) is 5.15 Å². The molecule has 3 rings (SSSR count). The van der Waals surface area contributed by atoms with Crippen LogP contribution < -0.4 is 0 Å². The molecule has 8 nitrogen and oxygen atoms in total. The molecular formula is C16H21ClN8S. The van der Waals surface area contributed by atoms with Gasteiger partial charge in [-0.25, -0.2) is 9.78 Å². The number of aromatic nitrogens is 7. The summed E-state index contributed by atoms with van der Waals surface area (Å²) in [5.41, 5.74) is 3.42. The van der Waals surface area contributed by atoms with E-state index >= 15 is 0 Å². The summed E-state index contributed by atoms with van der Waals surface area (Å²) in [5.74, 6) is 0.490.